The molecule has 1 spiro atoms. The lowest BCUT2D eigenvalue weighted by Crippen LogP contribution is -2.57. The summed E-state index contributed by atoms with van der Waals surface area (Å²) in [6.45, 7) is 4.09. The maximum atomic E-state index is 6.60. The molecule has 4 heteroatoms. The van der Waals surface area contributed by atoms with Crippen molar-refractivity contribution in [3.05, 3.63) is 0 Å². The second-order valence-corrected chi connectivity index (χ2v) is 7.38. The van der Waals surface area contributed by atoms with Crippen molar-refractivity contribution in [2.24, 2.45) is 11.7 Å². The summed E-state index contributed by atoms with van der Waals surface area (Å²) in [6.07, 6.45) is 8.98. The molecule has 4 fully saturated rings. The zero-order chi connectivity index (χ0) is 13.6. The lowest BCUT2D eigenvalue weighted by Gasteiger charge is -2.49. The number of hydrogen-bond donors (Lipinski definition) is 1. The van der Waals surface area contributed by atoms with Gasteiger partial charge in [-0.2, -0.15) is 0 Å². The lowest BCUT2D eigenvalue weighted by atomic mass is 9.70. The van der Waals surface area contributed by atoms with Gasteiger partial charge in [0.15, 0.2) is 0 Å². The fraction of sp³-hybridized carbons (Fsp3) is 1.00. The van der Waals surface area contributed by atoms with E-state index in [1.54, 1.807) is 0 Å². The fourth-order valence-corrected chi connectivity index (χ4v) is 4.69. The Morgan fingerprint density at radius 2 is 2.10 bits per heavy atom. The van der Waals surface area contributed by atoms with E-state index in [9.17, 15) is 0 Å². The van der Waals surface area contributed by atoms with Crippen LogP contribution in [0.5, 0.6) is 0 Å². The van der Waals surface area contributed by atoms with Crippen LogP contribution in [0, 0.1) is 5.92 Å². The quantitative estimate of drug-likeness (QED) is 0.833. The highest BCUT2D eigenvalue weighted by molar-refractivity contribution is 4.99. The molecule has 4 atom stereocenters. The highest BCUT2D eigenvalue weighted by Gasteiger charge is 2.46. The summed E-state index contributed by atoms with van der Waals surface area (Å²) in [4.78, 5) is 2.60. The number of rotatable bonds is 2. The van der Waals surface area contributed by atoms with Gasteiger partial charge in [0.2, 0.25) is 0 Å². The van der Waals surface area contributed by atoms with Gasteiger partial charge < -0.3 is 15.2 Å². The normalized spacial score (nSPS) is 42.1. The minimum absolute atomic E-state index is 0.193. The smallest absolute Gasteiger partial charge is 0.0856 e. The zero-order valence-corrected chi connectivity index (χ0v) is 12.4. The summed E-state index contributed by atoms with van der Waals surface area (Å²) in [7, 11) is 0. The van der Waals surface area contributed by atoms with Crippen LogP contribution >= 0.6 is 0 Å². The summed E-state index contributed by atoms with van der Waals surface area (Å²) in [5.41, 5.74) is 6.80. The van der Waals surface area contributed by atoms with Gasteiger partial charge in [0.1, 0.15) is 0 Å². The van der Waals surface area contributed by atoms with E-state index in [0.29, 0.717) is 12.0 Å². The van der Waals surface area contributed by atoms with Gasteiger partial charge in [-0.15, -0.1) is 0 Å². The van der Waals surface area contributed by atoms with Gasteiger partial charge in [-0.1, -0.05) is 0 Å². The SMILES string of the molecule is NC(C1CCOC2(CCC2)C1)C1CN2CCCC2CO1. The van der Waals surface area contributed by atoms with Crippen LogP contribution in [0.4, 0.5) is 0 Å². The largest absolute Gasteiger partial charge is 0.375 e. The van der Waals surface area contributed by atoms with E-state index in [1.807, 2.05) is 0 Å². The molecule has 3 heterocycles. The van der Waals surface area contributed by atoms with Crippen molar-refractivity contribution in [1.82, 2.24) is 4.90 Å². The number of fused-ring (bicyclic) bond motifs is 1. The molecule has 2 N–H and O–H groups in total. The van der Waals surface area contributed by atoms with E-state index < -0.39 is 0 Å². The van der Waals surface area contributed by atoms with Gasteiger partial charge >= 0.3 is 0 Å². The predicted octanol–water partition coefficient (Wildman–Crippen LogP) is 1.53. The van der Waals surface area contributed by atoms with Crippen LogP contribution in [0.15, 0.2) is 0 Å². The predicted molar refractivity (Wildman–Crippen MR) is 77.6 cm³/mol. The average Bonchev–Trinajstić information content (AvgIpc) is 2.92. The van der Waals surface area contributed by atoms with Crippen molar-refractivity contribution >= 4 is 0 Å². The first kappa shape index (κ1) is 13.5. The van der Waals surface area contributed by atoms with E-state index in [2.05, 4.69) is 4.90 Å². The third-order valence-corrected chi connectivity index (χ3v) is 6.19. The Balaban J connectivity index is 1.38. The summed E-state index contributed by atoms with van der Waals surface area (Å²) in [5, 5.41) is 0. The summed E-state index contributed by atoms with van der Waals surface area (Å²) >= 11 is 0. The van der Waals surface area contributed by atoms with Crippen molar-refractivity contribution in [2.75, 3.05) is 26.3 Å². The number of ether oxygens (including phenoxy) is 2. The highest BCUT2D eigenvalue weighted by atomic mass is 16.5. The van der Waals surface area contributed by atoms with Gasteiger partial charge in [0.25, 0.3) is 0 Å². The van der Waals surface area contributed by atoms with Crippen molar-refractivity contribution in [3.63, 3.8) is 0 Å². The molecule has 0 radical (unpaired) electrons. The summed E-state index contributed by atoms with van der Waals surface area (Å²) in [6, 6.07) is 0.865. The molecule has 1 saturated carbocycles. The Morgan fingerprint density at radius 3 is 2.90 bits per heavy atom. The van der Waals surface area contributed by atoms with Crippen molar-refractivity contribution in [2.45, 2.75) is 68.7 Å². The van der Waals surface area contributed by atoms with Gasteiger partial charge in [0, 0.05) is 25.2 Å². The lowest BCUT2D eigenvalue weighted by molar-refractivity contribution is -0.155. The third kappa shape index (κ3) is 2.31. The first-order valence-corrected chi connectivity index (χ1v) is 8.51. The molecule has 0 aromatic rings. The van der Waals surface area contributed by atoms with Crippen LogP contribution in [0.3, 0.4) is 0 Å². The summed E-state index contributed by atoms with van der Waals surface area (Å²) in [5.74, 6) is 0.591. The van der Waals surface area contributed by atoms with Crippen molar-refractivity contribution < 1.29 is 9.47 Å². The van der Waals surface area contributed by atoms with Crippen LogP contribution in [0.1, 0.15) is 44.9 Å². The molecule has 1 aliphatic carbocycles. The molecule has 114 valence electrons. The second kappa shape index (κ2) is 5.24. The molecule has 20 heavy (non-hydrogen) atoms. The molecular weight excluding hydrogens is 252 g/mol. The molecule has 0 amide bonds. The number of morpholine rings is 1. The molecular formula is C16H28N2O2. The number of hydrogen-bond acceptors (Lipinski definition) is 4. The highest BCUT2D eigenvalue weighted by Crippen LogP contribution is 2.45. The van der Waals surface area contributed by atoms with Gasteiger partial charge in [-0.3, -0.25) is 4.90 Å². The maximum absolute atomic E-state index is 6.60. The third-order valence-electron chi connectivity index (χ3n) is 6.19. The monoisotopic (exact) mass is 280 g/mol. The van der Waals surface area contributed by atoms with Crippen molar-refractivity contribution in [1.29, 1.82) is 0 Å². The van der Waals surface area contributed by atoms with E-state index in [0.717, 1.165) is 32.6 Å². The molecule has 0 aromatic carbocycles. The number of nitrogens with two attached hydrogens (primary N) is 1. The molecule has 3 saturated heterocycles. The Morgan fingerprint density at radius 1 is 1.20 bits per heavy atom. The average molecular weight is 280 g/mol. The van der Waals surface area contributed by atoms with Crippen LogP contribution in [0.25, 0.3) is 0 Å². The Labute approximate surface area is 122 Å². The molecule has 4 rings (SSSR count). The van der Waals surface area contributed by atoms with Crippen molar-refractivity contribution in [3.8, 4) is 0 Å². The van der Waals surface area contributed by atoms with E-state index in [-0.39, 0.29) is 17.7 Å². The van der Waals surface area contributed by atoms with Crippen LogP contribution < -0.4 is 5.73 Å². The molecule has 3 aliphatic heterocycles. The van der Waals surface area contributed by atoms with Gasteiger partial charge in [-0.05, 0) is 57.4 Å². The molecule has 0 aromatic heterocycles. The number of nitrogens with zero attached hydrogens (tertiary/aromatic N) is 1. The second-order valence-electron chi connectivity index (χ2n) is 7.38. The Hall–Kier alpha value is -0.160. The molecule has 0 bridgehead atoms. The maximum Gasteiger partial charge on any atom is 0.0856 e. The molecule has 4 unspecified atom stereocenters. The van der Waals surface area contributed by atoms with E-state index >= 15 is 0 Å². The standard InChI is InChI=1S/C16H28N2O2/c17-15(12-4-8-20-16(9-12)5-2-6-16)14-10-18-7-1-3-13(18)11-19-14/h12-15H,1-11,17H2. The molecule has 4 aliphatic rings. The van der Waals surface area contributed by atoms with Crippen LogP contribution in [-0.2, 0) is 9.47 Å². The first-order chi connectivity index (χ1) is 9.76. The van der Waals surface area contributed by atoms with Crippen LogP contribution in [-0.4, -0.2) is 55.0 Å². The van der Waals surface area contributed by atoms with Gasteiger partial charge in [0.05, 0.1) is 18.3 Å². The first-order valence-electron chi connectivity index (χ1n) is 8.51. The minimum atomic E-state index is 0.193. The van der Waals surface area contributed by atoms with E-state index in [1.165, 1.54) is 38.6 Å². The summed E-state index contributed by atoms with van der Waals surface area (Å²) < 4.78 is 12.2. The topological polar surface area (TPSA) is 47.7 Å². The zero-order valence-electron chi connectivity index (χ0n) is 12.4. The van der Waals surface area contributed by atoms with Gasteiger partial charge in [-0.25, -0.2) is 0 Å². The van der Waals surface area contributed by atoms with Crippen LogP contribution in [0.2, 0.25) is 0 Å². The van der Waals surface area contributed by atoms with E-state index in [4.69, 9.17) is 15.2 Å². The molecule has 4 nitrogen and oxygen atoms in total. The fourth-order valence-electron chi connectivity index (χ4n) is 4.69. The Kier molecular flexibility index (Phi) is 3.53. The minimum Gasteiger partial charge on any atom is -0.375 e. The Bertz CT molecular complexity index is 358.